The van der Waals surface area contributed by atoms with Gasteiger partial charge in [0.1, 0.15) is 0 Å². The first-order valence-electron chi connectivity index (χ1n) is 10.8. The van der Waals surface area contributed by atoms with Gasteiger partial charge in [0, 0.05) is 17.8 Å². The molecule has 2 amide bonds. The highest BCUT2D eigenvalue weighted by Gasteiger charge is 2.39. The Labute approximate surface area is 178 Å². The number of fused-ring (bicyclic) bond motifs is 1. The van der Waals surface area contributed by atoms with Gasteiger partial charge in [-0.05, 0) is 68.6 Å². The number of nitrogens with zero attached hydrogens (tertiary/aromatic N) is 3. The van der Waals surface area contributed by atoms with Gasteiger partial charge >= 0.3 is 0 Å². The number of rotatable bonds is 5. The molecule has 156 valence electrons. The number of benzene rings is 2. The Morgan fingerprint density at radius 3 is 2.73 bits per heavy atom. The summed E-state index contributed by atoms with van der Waals surface area (Å²) >= 11 is 0. The molecule has 0 aromatic heterocycles. The molecule has 0 bridgehead atoms. The van der Waals surface area contributed by atoms with E-state index >= 15 is 0 Å². The summed E-state index contributed by atoms with van der Waals surface area (Å²) in [5, 5.41) is 0. The number of anilines is 1. The minimum absolute atomic E-state index is 0.227. The van der Waals surface area contributed by atoms with E-state index in [1.807, 2.05) is 50.2 Å². The molecule has 1 saturated heterocycles. The Hall–Kier alpha value is -2.79. The Kier molecular flexibility index (Phi) is 5.82. The monoisotopic (exact) mass is 403 g/mol. The van der Waals surface area contributed by atoms with Crippen LogP contribution >= 0.6 is 0 Å². The molecule has 2 aromatic rings. The quantitative estimate of drug-likeness (QED) is 0.557. The first kappa shape index (κ1) is 20.5. The Morgan fingerprint density at radius 1 is 1.13 bits per heavy atom. The number of likely N-dealkylation sites (tertiary alicyclic amines) is 1. The Bertz CT molecular complexity index is 998. The van der Waals surface area contributed by atoms with Crippen LogP contribution in [-0.4, -0.2) is 48.6 Å². The molecule has 30 heavy (non-hydrogen) atoms. The van der Waals surface area contributed by atoms with Crippen molar-refractivity contribution < 1.29 is 9.59 Å². The van der Waals surface area contributed by atoms with E-state index in [9.17, 15) is 9.59 Å². The van der Waals surface area contributed by atoms with E-state index < -0.39 is 5.92 Å². The van der Waals surface area contributed by atoms with Crippen LogP contribution in [0.2, 0.25) is 0 Å². The molecule has 2 aliphatic rings. The summed E-state index contributed by atoms with van der Waals surface area (Å²) in [7, 11) is 0. The van der Waals surface area contributed by atoms with Crippen molar-refractivity contribution in [2.45, 2.75) is 45.6 Å². The van der Waals surface area contributed by atoms with Crippen molar-refractivity contribution >= 4 is 23.7 Å². The molecule has 0 N–H and O–H groups in total. The number of aryl methyl sites for hydroxylation is 2. The zero-order valence-corrected chi connectivity index (χ0v) is 18.0. The minimum atomic E-state index is -0.546. The number of carbonyl (C=O) groups excluding carboxylic acids is 2. The lowest BCUT2D eigenvalue weighted by Gasteiger charge is -2.32. The fourth-order valence-corrected chi connectivity index (χ4v) is 4.59. The molecular weight excluding hydrogens is 374 g/mol. The second kappa shape index (κ2) is 8.52. The van der Waals surface area contributed by atoms with Gasteiger partial charge in [0.15, 0.2) is 0 Å². The van der Waals surface area contributed by atoms with Gasteiger partial charge in [-0.25, -0.2) is 4.90 Å². The van der Waals surface area contributed by atoms with E-state index in [1.165, 1.54) is 11.3 Å². The largest absolute Gasteiger partial charge is 0.299 e. The molecule has 0 saturated carbocycles. The summed E-state index contributed by atoms with van der Waals surface area (Å²) in [6.07, 6.45) is 4.11. The highest BCUT2D eigenvalue weighted by Crippen LogP contribution is 2.34. The van der Waals surface area contributed by atoms with E-state index in [2.05, 4.69) is 11.8 Å². The van der Waals surface area contributed by atoms with Gasteiger partial charge in [0.2, 0.25) is 5.91 Å². The van der Waals surface area contributed by atoms with Crippen molar-refractivity contribution in [3.63, 3.8) is 0 Å². The summed E-state index contributed by atoms with van der Waals surface area (Å²) in [6.45, 7) is 8.92. The third-order valence-electron chi connectivity index (χ3n) is 6.30. The van der Waals surface area contributed by atoms with Crippen LogP contribution in [0.1, 0.15) is 52.7 Å². The molecule has 0 aliphatic carbocycles. The average molecular weight is 404 g/mol. The van der Waals surface area contributed by atoms with E-state index in [0.717, 1.165) is 36.2 Å². The van der Waals surface area contributed by atoms with E-state index in [4.69, 9.17) is 4.99 Å². The molecule has 1 fully saturated rings. The molecule has 0 spiro atoms. The number of hydrogen-bond donors (Lipinski definition) is 0. The molecule has 4 rings (SSSR count). The van der Waals surface area contributed by atoms with E-state index in [0.29, 0.717) is 23.8 Å². The molecular formula is C25H29N3O2. The zero-order chi connectivity index (χ0) is 21.3. The predicted octanol–water partition coefficient (Wildman–Crippen LogP) is 4.13. The standard InChI is InChI=1S/C25H29N3O2/c1-4-27-13-7-8-19(27)15-26-16-22-20-9-5-6-10-21(20)24(29)28(25(22)30)23-14-17(2)11-12-18(23)3/h5-6,9-12,14,16,19,22H,4,7-8,13,15H2,1-3H3/t19-,22?/m1/s1. The maximum absolute atomic E-state index is 13.5. The molecule has 2 aliphatic heterocycles. The average Bonchev–Trinajstić information content (AvgIpc) is 3.20. The number of aliphatic imine (C=N–C) groups is 1. The first-order valence-corrected chi connectivity index (χ1v) is 10.8. The van der Waals surface area contributed by atoms with Crippen LogP contribution in [0.25, 0.3) is 0 Å². The summed E-state index contributed by atoms with van der Waals surface area (Å²) < 4.78 is 0. The predicted molar refractivity (Wildman–Crippen MR) is 121 cm³/mol. The summed E-state index contributed by atoms with van der Waals surface area (Å²) in [5.41, 5.74) is 3.90. The van der Waals surface area contributed by atoms with Crippen LogP contribution in [0, 0.1) is 13.8 Å². The SMILES string of the molecule is CCN1CCC[C@@H]1CN=CC1C(=O)N(c2cc(C)ccc2C)C(=O)c2ccccc21. The van der Waals surface area contributed by atoms with Crippen molar-refractivity contribution in [3.8, 4) is 0 Å². The molecule has 1 unspecified atom stereocenters. The summed E-state index contributed by atoms with van der Waals surface area (Å²) in [6, 6.07) is 13.7. The van der Waals surface area contributed by atoms with E-state index in [1.54, 1.807) is 12.3 Å². The van der Waals surface area contributed by atoms with Crippen LogP contribution in [-0.2, 0) is 4.79 Å². The van der Waals surface area contributed by atoms with Gasteiger partial charge in [-0.15, -0.1) is 0 Å². The Morgan fingerprint density at radius 2 is 1.93 bits per heavy atom. The third kappa shape index (κ3) is 3.70. The van der Waals surface area contributed by atoms with Crippen molar-refractivity contribution in [1.29, 1.82) is 0 Å². The van der Waals surface area contributed by atoms with Gasteiger partial charge in [-0.3, -0.25) is 19.5 Å². The highest BCUT2D eigenvalue weighted by molar-refractivity contribution is 6.29. The number of amides is 2. The van der Waals surface area contributed by atoms with Crippen molar-refractivity contribution in [2.75, 3.05) is 24.5 Å². The van der Waals surface area contributed by atoms with Crippen LogP contribution in [0.5, 0.6) is 0 Å². The summed E-state index contributed by atoms with van der Waals surface area (Å²) in [5.74, 6) is -1.04. The lowest BCUT2D eigenvalue weighted by Crippen LogP contribution is -2.46. The van der Waals surface area contributed by atoms with E-state index in [-0.39, 0.29) is 11.8 Å². The van der Waals surface area contributed by atoms with Gasteiger partial charge in [-0.1, -0.05) is 37.3 Å². The first-order chi connectivity index (χ1) is 14.5. The summed E-state index contributed by atoms with van der Waals surface area (Å²) in [4.78, 5) is 35.2. The number of imide groups is 1. The Balaban J connectivity index is 1.68. The van der Waals surface area contributed by atoms with Gasteiger partial charge in [0.25, 0.3) is 5.91 Å². The van der Waals surface area contributed by atoms with Gasteiger partial charge < -0.3 is 0 Å². The molecule has 5 nitrogen and oxygen atoms in total. The lowest BCUT2D eigenvalue weighted by molar-refractivity contribution is -0.118. The lowest BCUT2D eigenvalue weighted by atomic mass is 9.88. The third-order valence-corrected chi connectivity index (χ3v) is 6.30. The molecule has 2 heterocycles. The number of hydrogen-bond acceptors (Lipinski definition) is 4. The second-order valence-corrected chi connectivity index (χ2v) is 8.27. The normalized spacial score (nSPS) is 22.2. The highest BCUT2D eigenvalue weighted by atomic mass is 16.2. The van der Waals surface area contributed by atoms with Crippen molar-refractivity contribution in [2.24, 2.45) is 4.99 Å². The number of likely N-dealkylation sites (N-methyl/N-ethyl adjacent to an activating group) is 1. The van der Waals surface area contributed by atoms with Crippen LogP contribution in [0.15, 0.2) is 47.5 Å². The zero-order valence-electron chi connectivity index (χ0n) is 18.0. The maximum Gasteiger partial charge on any atom is 0.265 e. The molecule has 0 radical (unpaired) electrons. The smallest absolute Gasteiger partial charge is 0.265 e. The minimum Gasteiger partial charge on any atom is -0.299 e. The van der Waals surface area contributed by atoms with Crippen LogP contribution < -0.4 is 4.90 Å². The van der Waals surface area contributed by atoms with Gasteiger partial charge in [0.05, 0.1) is 18.2 Å². The van der Waals surface area contributed by atoms with Crippen molar-refractivity contribution in [3.05, 3.63) is 64.7 Å². The number of carbonyl (C=O) groups is 2. The topological polar surface area (TPSA) is 53.0 Å². The molecule has 2 atom stereocenters. The molecule has 5 heteroatoms. The van der Waals surface area contributed by atoms with Crippen molar-refractivity contribution in [1.82, 2.24) is 4.90 Å². The fraction of sp³-hybridized carbons (Fsp3) is 0.400. The van der Waals surface area contributed by atoms with Crippen LogP contribution in [0.3, 0.4) is 0 Å². The second-order valence-electron chi connectivity index (χ2n) is 8.27. The van der Waals surface area contributed by atoms with Gasteiger partial charge in [-0.2, -0.15) is 0 Å². The van der Waals surface area contributed by atoms with Crippen LogP contribution in [0.4, 0.5) is 5.69 Å². The fourth-order valence-electron chi connectivity index (χ4n) is 4.59. The molecule has 2 aromatic carbocycles. The maximum atomic E-state index is 13.5.